The molecule has 130 valence electrons. The van der Waals surface area contributed by atoms with E-state index in [4.69, 9.17) is 9.47 Å². The first-order valence-corrected chi connectivity index (χ1v) is 7.56. The van der Waals surface area contributed by atoms with Gasteiger partial charge in [-0.05, 0) is 65.8 Å². The number of nitrogens with one attached hydrogen (secondary N) is 2. The first-order chi connectivity index (χ1) is 10.5. The first-order valence-electron chi connectivity index (χ1n) is 7.56. The van der Waals surface area contributed by atoms with Gasteiger partial charge in [-0.2, -0.15) is 0 Å². The monoisotopic (exact) mass is 324 g/mol. The number of methoxy groups -OCH3 is 1. The summed E-state index contributed by atoms with van der Waals surface area (Å²) in [6.07, 6.45) is 0.0724. The summed E-state index contributed by atoms with van der Waals surface area (Å²) in [5.74, 6) is 0.185. The molecule has 6 nitrogen and oxygen atoms in total. The summed E-state index contributed by atoms with van der Waals surface area (Å²) < 4.78 is 10.4. The molecule has 0 saturated carbocycles. The van der Waals surface area contributed by atoms with Crippen molar-refractivity contribution >= 4 is 11.8 Å². The Morgan fingerprint density at radius 1 is 1.22 bits per heavy atom. The number of aromatic hydroxyl groups is 1. The average Bonchev–Trinajstić information content (AvgIpc) is 2.39. The highest BCUT2D eigenvalue weighted by atomic mass is 16.6. The SMILES string of the molecule is CNC(C)(C)Cc1cc(NC(=O)OC(C)(C)C)c(O)c(OC)c1. The molecule has 1 rings (SSSR count). The molecular formula is C17H28N2O4. The predicted molar refractivity (Wildman–Crippen MR) is 91.4 cm³/mol. The molecule has 0 aliphatic heterocycles. The number of ether oxygens (including phenoxy) is 2. The molecule has 1 aromatic carbocycles. The number of hydrogen-bond donors (Lipinski definition) is 3. The van der Waals surface area contributed by atoms with E-state index in [0.29, 0.717) is 12.2 Å². The molecule has 3 N–H and O–H groups in total. The van der Waals surface area contributed by atoms with Crippen molar-refractivity contribution < 1.29 is 19.4 Å². The third kappa shape index (κ3) is 5.98. The van der Waals surface area contributed by atoms with Crippen LogP contribution < -0.4 is 15.4 Å². The maximum atomic E-state index is 11.9. The Bertz CT molecular complexity index is 562. The molecule has 0 unspecified atom stereocenters. The van der Waals surface area contributed by atoms with Gasteiger partial charge in [0.15, 0.2) is 11.5 Å². The summed E-state index contributed by atoms with van der Waals surface area (Å²) in [7, 11) is 3.36. The van der Waals surface area contributed by atoms with Gasteiger partial charge in [-0.15, -0.1) is 0 Å². The largest absolute Gasteiger partial charge is 0.503 e. The standard InChI is InChI=1S/C17H28N2O4/c1-16(2,3)23-15(21)19-12-8-11(10-17(4,5)18-6)9-13(22-7)14(12)20/h8-9,18,20H,10H2,1-7H3,(H,19,21). The van der Waals surface area contributed by atoms with Crippen LogP contribution in [0.2, 0.25) is 0 Å². The Morgan fingerprint density at radius 3 is 2.30 bits per heavy atom. The number of benzene rings is 1. The van der Waals surface area contributed by atoms with Gasteiger partial charge in [0.2, 0.25) is 0 Å². The lowest BCUT2D eigenvalue weighted by molar-refractivity contribution is 0.0635. The van der Waals surface area contributed by atoms with Gasteiger partial charge >= 0.3 is 6.09 Å². The van der Waals surface area contributed by atoms with E-state index >= 15 is 0 Å². The lowest BCUT2D eigenvalue weighted by atomic mass is 9.94. The molecule has 0 heterocycles. The van der Waals surface area contributed by atoms with E-state index in [9.17, 15) is 9.90 Å². The lowest BCUT2D eigenvalue weighted by Gasteiger charge is -2.25. The second-order valence-corrected chi connectivity index (χ2v) is 7.13. The molecule has 0 fully saturated rings. The van der Waals surface area contributed by atoms with Gasteiger partial charge in [0, 0.05) is 5.54 Å². The van der Waals surface area contributed by atoms with Crippen molar-refractivity contribution in [3.63, 3.8) is 0 Å². The predicted octanol–water partition coefficient (Wildman–Crippen LogP) is 3.29. The number of carbonyl (C=O) groups is 1. The van der Waals surface area contributed by atoms with E-state index in [2.05, 4.69) is 24.5 Å². The minimum atomic E-state index is -0.625. The third-order valence-corrected chi connectivity index (χ3v) is 3.31. The van der Waals surface area contributed by atoms with Crippen molar-refractivity contribution in [2.24, 2.45) is 0 Å². The molecule has 0 atom stereocenters. The van der Waals surface area contributed by atoms with Gasteiger partial charge < -0.3 is 19.9 Å². The minimum Gasteiger partial charge on any atom is -0.503 e. The minimum absolute atomic E-state index is 0.121. The number of anilines is 1. The molecule has 0 aliphatic carbocycles. The number of hydrogen-bond acceptors (Lipinski definition) is 5. The number of likely N-dealkylation sites (N-methyl/N-ethyl adjacent to an activating group) is 1. The van der Waals surface area contributed by atoms with Gasteiger partial charge in [0.05, 0.1) is 12.8 Å². The fourth-order valence-electron chi connectivity index (χ4n) is 2.03. The molecular weight excluding hydrogens is 296 g/mol. The molecule has 6 heteroatoms. The van der Waals surface area contributed by atoms with Crippen LogP contribution in [0.5, 0.6) is 11.5 Å². The summed E-state index contributed by atoms with van der Waals surface area (Å²) in [4.78, 5) is 11.9. The second kappa shape index (κ2) is 7.08. The number of carbonyl (C=O) groups excluding carboxylic acids is 1. The van der Waals surface area contributed by atoms with Crippen LogP contribution in [0.1, 0.15) is 40.2 Å². The van der Waals surface area contributed by atoms with Crippen LogP contribution in [-0.4, -0.2) is 36.5 Å². The van der Waals surface area contributed by atoms with Crippen LogP contribution >= 0.6 is 0 Å². The van der Waals surface area contributed by atoms with Crippen LogP contribution in [0.4, 0.5) is 10.5 Å². The van der Waals surface area contributed by atoms with Gasteiger partial charge in [-0.3, -0.25) is 5.32 Å². The maximum Gasteiger partial charge on any atom is 0.412 e. The van der Waals surface area contributed by atoms with Crippen LogP contribution in [0.25, 0.3) is 0 Å². The fourth-order valence-corrected chi connectivity index (χ4v) is 2.03. The normalized spacial score (nSPS) is 12.0. The molecule has 0 spiro atoms. The van der Waals surface area contributed by atoms with E-state index in [1.165, 1.54) is 7.11 Å². The molecule has 1 aromatic rings. The Kier molecular flexibility index (Phi) is 5.88. The summed E-state index contributed by atoms with van der Waals surface area (Å²) >= 11 is 0. The number of phenols is 1. The number of rotatable bonds is 5. The molecule has 23 heavy (non-hydrogen) atoms. The van der Waals surface area contributed by atoms with Gasteiger partial charge in [0.25, 0.3) is 0 Å². The van der Waals surface area contributed by atoms with Crippen LogP contribution in [0.15, 0.2) is 12.1 Å². The zero-order chi connectivity index (χ0) is 17.8. The van der Waals surface area contributed by atoms with Crippen molar-refractivity contribution in [2.75, 3.05) is 19.5 Å². The summed E-state index contributed by atoms with van der Waals surface area (Å²) in [5.41, 5.74) is 0.436. The average molecular weight is 324 g/mol. The highest BCUT2D eigenvalue weighted by molar-refractivity contribution is 5.88. The fraction of sp³-hybridized carbons (Fsp3) is 0.588. The topological polar surface area (TPSA) is 79.8 Å². The number of amides is 1. The Balaban J connectivity index is 3.08. The van der Waals surface area contributed by atoms with E-state index in [1.807, 2.05) is 7.05 Å². The van der Waals surface area contributed by atoms with Crippen LogP contribution in [-0.2, 0) is 11.2 Å². The molecule has 0 aliphatic rings. The van der Waals surface area contributed by atoms with Crippen molar-refractivity contribution in [1.29, 1.82) is 0 Å². The molecule has 0 saturated heterocycles. The van der Waals surface area contributed by atoms with Gasteiger partial charge in [0.1, 0.15) is 5.60 Å². The van der Waals surface area contributed by atoms with E-state index < -0.39 is 11.7 Å². The van der Waals surface area contributed by atoms with E-state index in [1.54, 1.807) is 32.9 Å². The summed E-state index contributed by atoms with van der Waals surface area (Å²) in [6, 6.07) is 3.48. The Morgan fingerprint density at radius 2 is 1.83 bits per heavy atom. The van der Waals surface area contributed by atoms with Crippen LogP contribution in [0, 0.1) is 0 Å². The first kappa shape index (κ1) is 19.1. The molecule has 1 amide bonds. The summed E-state index contributed by atoms with van der Waals surface area (Å²) in [6.45, 7) is 9.46. The molecule has 0 bridgehead atoms. The van der Waals surface area contributed by atoms with Gasteiger partial charge in [-0.25, -0.2) is 4.79 Å². The third-order valence-electron chi connectivity index (χ3n) is 3.31. The second-order valence-electron chi connectivity index (χ2n) is 7.13. The highest BCUT2D eigenvalue weighted by Crippen LogP contribution is 2.36. The Labute approximate surface area is 138 Å². The molecule has 0 aromatic heterocycles. The maximum absolute atomic E-state index is 11.9. The Hall–Kier alpha value is -1.95. The lowest BCUT2D eigenvalue weighted by Crippen LogP contribution is -2.38. The summed E-state index contributed by atoms with van der Waals surface area (Å²) in [5, 5.41) is 16.0. The van der Waals surface area contributed by atoms with Crippen molar-refractivity contribution in [3.8, 4) is 11.5 Å². The van der Waals surface area contributed by atoms with Crippen LogP contribution in [0.3, 0.4) is 0 Å². The van der Waals surface area contributed by atoms with E-state index in [0.717, 1.165) is 5.56 Å². The van der Waals surface area contributed by atoms with Gasteiger partial charge in [-0.1, -0.05) is 0 Å². The number of phenolic OH excluding ortho intramolecular Hbond substituents is 1. The highest BCUT2D eigenvalue weighted by Gasteiger charge is 2.21. The smallest absolute Gasteiger partial charge is 0.412 e. The zero-order valence-electron chi connectivity index (χ0n) is 15.0. The van der Waals surface area contributed by atoms with Crippen molar-refractivity contribution in [3.05, 3.63) is 17.7 Å². The zero-order valence-corrected chi connectivity index (χ0v) is 15.0. The molecule has 0 radical (unpaired) electrons. The van der Waals surface area contributed by atoms with Crippen molar-refractivity contribution in [1.82, 2.24) is 5.32 Å². The quantitative estimate of drug-likeness (QED) is 0.724. The van der Waals surface area contributed by atoms with Crippen molar-refractivity contribution in [2.45, 2.75) is 52.2 Å². The van der Waals surface area contributed by atoms with E-state index in [-0.39, 0.29) is 17.0 Å².